The van der Waals surface area contributed by atoms with Crippen molar-refractivity contribution in [3.05, 3.63) is 83.0 Å². The number of halogens is 2. The summed E-state index contributed by atoms with van der Waals surface area (Å²) in [5.74, 6) is -0.144. The van der Waals surface area contributed by atoms with Crippen LogP contribution in [0.4, 0.5) is 25.0 Å². The Morgan fingerprint density at radius 3 is 2.74 bits per heavy atom. The van der Waals surface area contributed by atoms with Gasteiger partial charge < -0.3 is 15.5 Å². The number of rotatable bonds is 6. The molecule has 2 aliphatic heterocycles. The lowest BCUT2D eigenvalue weighted by atomic mass is 9.73. The van der Waals surface area contributed by atoms with Crippen molar-refractivity contribution >= 4 is 17.4 Å². The van der Waals surface area contributed by atoms with Gasteiger partial charge in [-0.3, -0.25) is 0 Å². The molecule has 184 valence electrons. The Labute approximate surface area is 206 Å². The lowest BCUT2D eigenvalue weighted by molar-refractivity contribution is 0.252. The van der Waals surface area contributed by atoms with Crippen LogP contribution < -0.4 is 15.5 Å². The summed E-state index contributed by atoms with van der Waals surface area (Å²) in [4.78, 5) is 15.0. The molecule has 0 radical (unpaired) electrons. The third kappa shape index (κ3) is 4.97. The molecule has 1 unspecified atom stereocenters. The number of allylic oxidation sites excluding steroid dienone is 4. The van der Waals surface area contributed by atoms with Gasteiger partial charge >= 0.3 is 6.03 Å². The summed E-state index contributed by atoms with van der Waals surface area (Å²) in [5, 5.41) is 5.96. The average Bonchev–Trinajstić information content (AvgIpc) is 2.84. The molecule has 0 bridgehead atoms. The number of amides is 2. The largest absolute Gasteiger partial charge is 0.371 e. The Morgan fingerprint density at radius 1 is 1.11 bits per heavy atom. The molecular formula is C29H33F2N3O. The minimum Gasteiger partial charge on any atom is -0.371 e. The molecule has 0 spiro atoms. The third-order valence-electron chi connectivity index (χ3n) is 7.56. The standard InChI is InChI=1S/C29H33F2N3O/c1-2-3-12-32-29(35)33-23-17-26-24(19-6-4-8-21(30)15-19)10-13-34-14-11-25(27(18-23)28(26)34)20-7-5-9-22(31)16-20/h4-6,8-9,15-18,20,24-25H,2-3,7,10-14H2,1H3,(H2,32,33,35)/t20?,24-,25-/m0/s1. The van der Waals surface area contributed by atoms with Gasteiger partial charge in [0, 0.05) is 36.9 Å². The van der Waals surface area contributed by atoms with E-state index in [0.717, 1.165) is 67.6 Å². The zero-order valence-electron chi connectivity index (χ0n) is 20.2. The van der Waals surface area contributed by atoms with Crippen molar-refractivity contribution in [2.45, 2.75) is 50.9 Å². The molecule has 0 fully saturated rings. The molecule has 35 heavy (non-hydrogen) atoms. The van der Waals surface area contributed by atoms with E-state index in [1.165, 1.54) is 11.8 Å². The molecule has 2 N–H and O–H groups in total. The van der Waals surface area contributed by atoms with Crippen molar-refractivity contribution in [2.75, 3.05) is 29.9 Å². The first-order chi connectivity index (χ1) is 17.0. The summed E-state index contributed by atoms with van der Waals surface area (Å²) >= 11 is 0. The number of hydrogen-bond acceptors (Lipinski definition) is 2. The molecule has 5 rings (SSSR count). The van der Waals surface area contributed by atoms with E-state index >= 15 is 0 Å². The summed E-state index contributed by atoms with van der Waals surface area (Å²) in [5.41, 5.74) is 5.14. The molecule has 0 saturated heterocycles. The molecule has 3 atom stereocenters. The zero-order chi connectivity index (χ0) is 24.4. The molecule has 0 saturated carbocycles. The average molecular weight is 478 g/mol. The zero-order valence-corrected chi connectivity index (χ0v) is 20.2. The van der Waals surface area contributed by atoms with Gasteiger partial charge in [-0.15, -0.1) is 0 Å². The minimum absolute atomic E-state index is 0.0397. The first kappa shape index (κ1) is 23.6. The van der Waals surface area contributed by atoms with Crippen LogP contribution in [-0.2, 0) is 0 Å². The number of carbonyl (C=O) groups is 1. The number of hydrogen-bond donors (Lipinski definition) is 2. The van der Waals surface area contributed by atoms with Crippen molar-refractivity contribution in [1.82, 2.24) is 5.32 Å². The number of nitrogens with one attached hydrogen (secondary N) is 2. The number of benzene rings is 2. The monoisotopic (exact) mass is 477 g/mol. The summed E-state index contributed by atoms with van der Waals surface area (Å²) < 4.78 is 28.3. The van der Waals surface area contributed by atoms with Gasteiger partial charge in [0.25, 0.3) is 0 Å². The van der Waals surface area contributed by atoms with Gasteiger partial charge in [-0.25, -0.2) is 13.6 Å². The third-order valence-corrected chi connectivity index (χ3v) is 7.56. The smallest absolute Gasteiger partial charge is 0.319 e. The lowest BCUT2D eigenvalue weighted by Crippen LogP contribution is -2.39. The predicted octanol–water partition coefficient (Wildman–Crippen LogP) is 7.01. The van der Waals surface area contributed by atoms with Crippen molar-refractivity contribution in [1.29, 1.82) is 0 Å². The summed E-state index contributed by atoms with van der Waals surface area (Å²) in [6.07, 6.45) is 9.76. The highest BCUT2D eigenvalue weighted by Gasteiger charge is 2.37. The highest BCUT2D eigenvalue weighted by Crippen LogP contribution is 2.51. The van der Waals surface area contributed by atoms with Gasteiger partial charge in [0.2, 0.25) is 0 Å². The molecule has 0 aromatic heterocycles. The Morgan fingerprint density at radius 2 is 1.94 bits per heavy atom. The SMILES string of the molecule is CCCCNC(=O)Nc1cc2c3c(c1)[C@H](C1C=C(F)C=CC1)CCN3CC[C@H]2c1cccc(F)c1. The summed E-state index contributed by atoms with van der Waals surface area (Å²) in [6, 6.07) is 10.7. The molecular weight excluding hydrogens is 444 g/mol. The van der Waals surface area contributed by atoms with E-state index in [-0.39, 0.29) is 35.4 Å². The van der Waals surface area contributed by atoms with E-state index in [2.05, 4.69) is 34.6 Å². The molecule has 3 aliphatic rings. The van der Waals surface area contributed by atoms with Crippen LogP contribution in [0.3, 0.4) is 0 Å². The molecule has 2 heterocycles. The first-order valence-corrected chi connectivity index (χ1v) is 12.8. The van der Waals surface area contributed by atoms with Crippen molar-refractivity contribution in [3.63, 3.8) is 0 Å². The van der Waals surface area contributed by atoms with Crippen LogP contribution in [0.15, 0.2) is 60.5 Å². The van der Waals surface area contributed by atoms with Crippen LogP contribution in [0, 0.1) is 11.7 Å². The maximum atomic E-state index is 14.2. The van der Waals surface area contributed by atoms with Gasteiger partial charge in [-0.1, -0.05) is 31.6 Å². The predicted molar refractivity (Wildman–Crippen MR) is 137 cm³/mol. The minimum atomic E-state index is -0.240. The molecule has 2 aromatic rings. The van der Waals surface area contributed by atoms with E-state index in [1.807, 2.05) is 12.1 Å². The topological polar surface area (TPSA) is 44.4 Å². The number of anilines is 2. The van der Waals surface area contributed by atoms with E-state index in [4.69, 9.17) is 0 Å². The molecule has 4 nitrogen and oxygen atoms in total. The fraction of sp³-hybridized carbons (Fsp3) is 0.414. The first-order valence-electron chi connectivity index (χ1n) is 12.8. The molecule has 2 amide bonds. The van der Waals surface area contributed by atoms with E-state index < -0.39 is 0 Å². The Hall–Kier alpha value is -3.15. The number of nitrogens with zero attached hydrogens (tertiary/aromatic N) is 1. The summed E-state index contributed by atoms with van der Waals surface area (Å²) in [6.45, 7) is 4.53. The maximum Gasteiger partial charge on any atom is 0.319 e. The van der Waals surface area contributed by atoms with E-state index in [9.17, 15) is 13.6 Å². The van der Waals surface area contributed by atoms with Crippen LogP contribution in [-0.4, -0.2) is 25.7 Å². The second kappa shape index (κ2) is 10.2. The van der Waals surface area contributed by atoms with Gasteiger partial charge in [-0.2, -0.15) is 0 Å². The van der Waals surface area contributed by atoms with Crippen molar-refractivity contribution in [3.8, 4) is 0 Å². The Balaban J connectivity index is 1.56. The number of unbranched alkanes of at least 4 members (excludes halogenated alkanes) is 1. The van der Waals surface area contributed by atoms with Gasteiger partial charge in [0.1, 0.15) is 11.6 Å². The van der Waals surface area contributed by atoms with Crippen LogP contribution >= 0.6 is 0 Å². The van der Waals surface area contributed by atoms with Gasteiger partial charge in [0.15, 0.2) is 0 Å². The Bertz CT molecular complexity index is 1160. The van der Waals surface area contributed by atoms with Crippen LogP contribution in [0.2, 0.25) is 0 Å². The second-order valence-corrected chi connectivity index (χ2v) is 9.87. The van der Waals surface area contributed by atoms with Crippen LogP contribution in [0.25, 0.3) is 0 Å². The summed E-state index contributed by atoms with van der Waals surface area (Å²) in [7, 11) is 0. The molecule has 2 aromatic carbocycles. The highest BCUT2D eigenvalue weighted by molar-refractivity contribution is 5.90. The fourth-order valence-corrected chi connectivity index (χ4v) is 5.91. The molecule has 1 aliphatic carbocycles. The maximum absolute atomic E-state index is 14.2. The highest BCUT2D eigenvalue weighted by atomic mass is 19.1. The molecule has 6 heteroatoms. The van der Waals surface area contributed by atoms with E-state index in [0.29, 0.717) is 6.54 Å². The quantitative estimate of drug-likeness (QED) is 0.440. The number of urea groups is 1. The van der Waals surface area contributed by atoms with Crippen LogP contribution in [0.1, 0.15) is 67.6 Å². The number of carbonyl (C=O) groups excluding carboxylic acids is 1. The van der Waals surface area contributed by atoms with Crippen LogP contribution in [0.5, 0.6) is 0 Å². The lowest BCUT2D eigenvalue weighted by Gasteiger charge is -2.44. The van der Waals surface area contributed by atoms with E-state index in [1.54, 1.807) is 24.3 Å². The second-order valence-electron chi connectivity index (χ2n) is 9.87. The van der Waals surface area contributed by atoms with Gasteiger partial charge in [0.05, 0.1) is 0 Å². The van der Waals surface area contributed by atoms with Crippen molar-refractivity contribution < 1.29 is 13.6 Å². The van der Waals surface area contributed by atoms with Crippen molar-refractivity contribution in [2.24, 2.45) is 5.92 Å². The Kier molecular flexibility index (Phi) is 6.89. The fourth-order valence-electron chi connectivity index (χ4n) is 5.91. The van der Waals surface area contributed by atoms with Gasteiger partial charge in [-0.05, 0) is 90.6 Å². The normalized spacial score (nSPS) is 22.9.